The van der Waals surface area contributed by atoms with Crippen molar-refractivity contribution in [3.63, 3.8) is 0 Å². The molecule has 4 aromatic rings. The van der Waals surface area contributed by atoms with Gasteiger partial charge in [-0.15, -0.1) is 0 Å². The normalized spacial score (nSPS) is 10.4. The molecule has 7 heteroatoms. The SMILES string of the molecule is O=C(Nc1cccc(Cl)c1)c1cccc(Oc2ncccc2-c2ccncn2)c1. The van der Waals surface area contributed by atoms with E-state index in [0.29, 0.717) is 33.6 Å². The molecule has 6 nitrogen and oxygen atoms in total. The van der Waals surface area contributed by atoms with E-state index in [4.69, 9.17) is 16.3 Å². The second-order valence-electron chi connectivity index (χ2n) is 6.05. The molecular formula is C22H15ClN4O2. The summed E-state index contributed by atoms with van der Waals surface area (Å²) >= 11 is 5.97. The molecule has 2 aromatic carbocycles. The predicted octanol–water partition coefficient (Wildman–Crippen LogP) is 5.24. The van der Waals surface area contributed by atoms with E-state index in [0.717, 1.165) is 5.56 Å². The van der Waals surface area contributed by atoms with Crippen LogP contribution in [0, 0.1) is 0 Å². The molecule has 1 amide bonds. The van der Waals surface area contributed by atoms with Gasteiger partial charge in [-0.25, -0.2) is 15.0 Å². The number of aromatic nitrogens is 3. The van der Waals surface area contributed by atoms with Crippen LogP contribution in [0.1, 0.15) is 10.4 Å². The highest BCUT2D eigenvalue weighted by Crippen LogP contribution is 2.30. The first kappa shape index (κ1) is 18.6. The van der Waals surface area contributed by atoms with Gasteiger partial charge in [-0.3, -0.25) is 4.79 Å². The minimum Gasteiger partial charge on any atom is -0.438 e. The molecule has 29 heavy (non-hydrogen) atoms. The number of nitrogens with one attached hydrogen (secondary N) is 1. The Morgan fingerprint density at radius 3 is 2.66 bits per heavy atom. The van der Waals surface area contributed by atoms with Crippen LogP contribution in [0.3, 0.4) is 0 Å². The van der Waals surface area contributed by atoms with Crippen LogP contribution in [0.2, 0.25) is 5.02 Å². The summed E-state index contributed by atoms with van der Waals surface area (Å²) in [4.78, 5) is 25.1. The first-order valence-electron chi connectivity index (χ1n) is 8.75. The maximum Gasteiger partial charge on any atom is 0.255 e. The average Bonchev–Trinajstić information content (AvgIpc) is 2.75. The van der Waals surface area contributed by atoms with Crippen molar-refractivity contribution in [1.29, 1.82) is 0 Å². The van der Waals surface area contributed by atoms with Crippen molar-refractivity contribution in [2.45, 2.75) is 0 Å². The van der Waals surface area contributed by atoms with Crippen LogP contribution >= 0.6 is 11.6 Å². The highest BCUT2D eigenvalue weighted by atomic mass is 35.5. The topological polar surface area (TPSA) is 77.0 Å². The van der Waals surface area contributed by atoms with Crippen LogP contribution in [0.15, 0.2) is 85.5 Å². The Kier molecular flexibility index (Phi) is 5.45. The lowest BCUT2D eigenvalue weighted by atomic mass is 10.2. The Labute approximate surface area is 172 Å². The van der Waals surface area contributed by atoms with Crippen molar-refractivity contribution in [2.75, 3.05) is 5.32 Å². The number of halogens is 1. The maximum atomic E-state index is 12.6. The number of ether oxygens (including phenoxy) is 1. The zero-order valence-corrected chi connectivity index (χ0v) is 15.9. The van der Waals surface area contributed by atoms with E-state index in [9.17, 15) is 4.79 Å². The molecule has 0 aliphatic heterocycles. The van der Waals surface area contributed by atoms with E-state index in [1.807, 2.05) is 6.07 Å². The number of hydrogen-bond acceptors (Lipinski definition) is 5. The monoisotopic (exact) mass is 402 g/mol. The molecule has 0 saturated carbocycles. The highest BCUT2D eigenvalue weighted by molar-refractivity contribution is 6.31. The molecule has 0 aliphatic rings. The van der Waals surface area contributed by atoms with Gasteiger partial charge in [0.15, 0.2) is 0 Å². The van der Waals surface area contributed by atoms with E-state index in [1.165, 1.54) is 6.33 Å². The van der Waals surface area contributed by atoms with Gasteiger partial charge in [0.1, 0.15) is 12.1 Å². The number of rotatable bonds is 5. The largest absolute Gasteiger partial charge is 0.438 e. The third-order valence-corrected chi connectivity index (χ3v) is 4.26. The van der Waals surface area contributed by atoms with E-state index in [1.54, 1.807) is 73.1 Å². The van der Waals surface area contributed by atoms with Crippen molar-refractivity contribution < 1.29 is 9.53 Å². The molecule has 0 radical (unpaired) electrons. The second-order valence-corrected chi connectivity index (χ2v) is 6.48. The molecule has 1 N–H and O–H groups in total. The fourth-order valence-corrected chi connectivity index (χ4v) is 2.89. The van der Waals surface area contributed by atoms with Gasteiger partial charge in [0.05, 0.1) is 11.3 Å². The maximum absolute atomic E-state index is 12.6. The van der Waals surface area contributed by atoms with Crippen LogP contribution in [0.4, 0.5) is 5.69 Å². The molecule has 2 heterocycles. The lowest BCUT2D eigenvalue weighted by Gasteiger charge is -2.11. The molecule has 0 saturated heterocycles. The van der Waals surface area contributed by atoms with Gasteiger partial charge in [0, 0.05) is 28.7 Å². The molecule has 0 fully saturated rings. The number of carbonyl (C=O) groups is 1. The number of hydrogen-bond donors (Lipinski definition) is 1. The summed E-state index contributed by atoms with van der Waals surface area (Å²) in [6.07, 6.45) is 4.75. The molecule has 4 rings (SSSR count). The third kappa shape index (κ3) is 4.56. The summed E-state index contributed by atoms with van der Waals surface area (Å²) in [5.74, 6) is 0.603. The molecule has 0 spiro atoms. The Balaban J connectivity index is 1.57. The van der Waals surface area contributed by atoms with E-state index >= 15 is 0 Å². The number of amides is 1. The molecular weight excluding hydrogens is 388 g/mol. The summed E-state index contributed by atoms with van der Waals surface area (Å²) in [6.45, 7) is 0. The zero-order valence-electron chi connectivity index (χ0n) is 15.1. The van der Waals surface area contributed by atoms with Crippen LogP contribution in [-0.4, -0.2) is 20.9 Å². The smallest absolute Gasteiger partial charge is 0.255 e. The van der Waals surface area contributed by atoms with Gasteiger partial charge < -0.3 is 10.1 Å². The Morgan fingerprint density at radius 1 is 0.931 bits per heavy atom. The number of pyridine rings is 1. The minimum atomic E-state index is -0.269. The lowest BCUT2D eigenvalue weighted by Crippen LogP contribution is -2.11. The summed E-state index contributed by atoms with van der Waals surface area (Å²) in [5.41, 5.74) is 2.48. The van der Waals surface area contributed by atoms with Crippen molar-refractivity contribution >= 4 is 23.2 Å². The predicted molar refractivity (Wildman–Crippen MR) is 111 cm³/mol. The van der Waals surface area contributed by atoms with Crippen molar-refractivity contribution in [3.05, 3.63) is 96.0 Å². The van der Waals surface area contributed by atoms with Gasteiger partial charge in [0.25, 0.3) is 5.91 Å². The number of carbonyl (C=O) groups excluding carboxylic acids is 1. The number of benzene rings is 2. The summed E-state index contributed by atoms with van der Waals surface area (Å²) in [7, 11) is 0. The van der Waals surface area contributed by atoms with Crippen molar-refractivity contribution in [1.82, 2.24) is 15.0 Å². The van der Waals surface area contributed by atoms with Crippen molar-refractivity contribution in [2.24, 2.45) is 0 Å². The quantitative estimate of drug-likeness (QED) is 0.494. The lowest BCUT2D eigenvalue weighted by molar-refractivity contribution is 0.102. The Hall–Kier alpha value is -3.77. The minimum absolute atomic E-state index is 0.269. The van der Waals surface area contributed by atoms with Gasteiger partial charge in [-0.1, -0.05) is 23.7 Å². The summed E-state index contributed by atoms with van der Waals surface area (Å²) < 4.78 is 5.95. The molecule has 0 aliphatic carbocycles. The first-order chi connectivity index (χ1) is 14.2. The van der Waals surface area contributed by atoms with Gasteiger partial charge >= 0.3 is 0 Å². The van der Waals surface area contributed by atoms with E-state index < -0.39 is 0 Å². The average molecular weight is 403 g/mol. The highest BCUT2D eigenvalue weighted by Gasteiger charge is 2.12. The number of nitrogens with zero attached hydrogens (tertiary/aromatic N) is 3. The van der Waals surface area contributed by atoms with Gasteiger partial charge in [-0.2, -0.15) is 0 Å². The molecule has 142 valence electrons. The van der Waals surface area contributed by atoms with Crippen LogP contribution in [0.25, 0.3) is 11.3 Å². The van der Waals surface area contributed by atoms with Crippen molar-refractivity contribution in [3.8, 4) is 22.9 Å². The first-order valence-corrected chi connectivity index (χ1v) is 9.13. The number of anilines is 1. The molecule has 0 atom stereocenters. The molecule has 0 unspecified atom stereocenters. The summed E-state index contributed by atoms with van der Waals surface area (Å²) in [5, 5.41) is 3.36. The summed E-state index contributed by atoms with van der Waals surface area (Å²) in [6, 6.07) is 19.3. The fraction of sp³-hybridized carbons (Fsp3) is 0. The zero-order chi connectivity index (χ0) is 20.1. The van der Waals surface area contributed by atoms with Crippen LogP contribution in [0.5, 0.6) is 11.6 Å². The van der Waals surface area contributed by atoms with Crippen LogP contribution in [-0.2, 0) is 0 Å². The Bertz CT molecular complexity index is 1150. The van der Waals surface area contributed by atoms with E-state index in [-0.39, 0.29) is 5.91 Å². The van der Waals surface area contributed by atoms with E-state index in [2.05, 4.69) is 20.3 Å². The molecule has 0 bridgehead atoms. The van der Waals surface area contributed by atoms with Gasteiger partial charge in [0.2, 0.25) is 5.88 Å². The fourth-order valence-electron chi connectivity index (χ4n) is 2.70. The Morgan fingerprint density at radius 2 is 1.83 bits per heavy atom. The van der Waals surface area contributed by atoms with Gasteiger partial charge in [-0.05, 0) is 54.6 Å². The molecule has 2 aromatic heterocycles. The van der Waals surface area contributed by atoms with Crippen LogP contribution < -0.4 is 10.1 Å². The standard InChI is InChI=1S/C22H15ClN4O2/c23-16-5-2-6-17(13-16)27-21(28)15-4-1-7-18(12-15)29-22-19(8-3-10-25-22)20-9-11-24-14-26-20/h1-14H,(H,27,28). The second kappa shape index (κ2) is 8.50. The third-order valence-electron chi connectivity index (χ3n) is 4.02.